The number of hydrogen-bond donors (Lipinski definition) is 1. The van der Waals surface area contributed by atoms with Crippen LogP contribution in [0.4, 0.5) is 42.5 Å². The maximum absolute atomic E-state index is 13.4. The van der Waals surface area contributed by atoms with Crippen LogP contribution in [-0.2, 0) is 23.6 Å². The van der Waals surface area contributed by atoms with Crippen LogP contribution < -0.4 is 10.2 Å². The molecule has 10 heteroatoms. The van der Waals surface area contributed by atoms with Gasteiger partial charge >= 0.3 is 18.4 Å². The van der Waals surface area contributed by atoms with E-state index in [2.05, 4.69) is 4.74 Å². The van der Waals surface area contributed by atoms with Gasteiger partial charge in [-0.2, -0.15) is 26.3 Å². The molecule has 0 aliphatic heterocycles. The maximum Gasteiger partial charge on any atom is 0.418 e. The molecule has 0 aliphatic rings. The second-order valence-electron chi connectivity index (χ2n) is 6.12. The van der Waals surface area contributed by atoms with Crippen LogP contribution in [0.1, 0.15) is 23.6 Å². The van der Waals surface area contributed by atoms with Crippen molar-refractivity contribution in [3.05, 3.63) is 59.2 Å². The van der Waals surface area contributed by atoms with Gasteiger partial charge in [-0.1, -0.05) is 12.1 Å². The van der Waals surface area contributed by atoms with E-state index in [0.717, 1.165) is 24.3 Å². The van der Waals surface area contributed by atoms with E-state index in [1.807, 2.05) is 5.32 Å². The second-order valence-corrected chi connectivity index (χ2v) is 6.12. The summed E-state index contributed by atoms with van der Waals surface area (Å²) in [5.41, 5.74) is -1.67. The van der Waals surface area contributed by atoms with Crippen LogP contribution in [0.3, 0.4) is 0 Å². The van der Waals surface area contributed by atoms with Gasteiger partial charge in [0.25, 0.3) is 0 Å². The fourth-order valence-corrected chi connectivity index (χ4v) is 2.55. The smallest absolute Gasteiger partial charge is 0.418 e. The molecule has 0 bridgehead atoms. The van der Waals surface area contributed by atoms with E-state index >= 15 is 0 Å². The largest absolute Gasteiger partial charge is 0.450 e. The average Bonchev–Trinajstić information content (AvgIpc) is 2.61. The van der Waals surface area contributed by atoms with E-state index in [1.54, 1.807) is 0 Å². The number of alkyl halides is 6. The Labute approximate surface area is 163 Å². The van der Waals surface area contributed by atoms with Crippen molar-refractivity contribution < 1.29 is 35.9 Å². The van der Waals surface area contributed by atoms with Crippen molar-refractivity contribution in [1.82, 2.24) is 0 Å². The molecular weight excluding hydrogens is 402 g/mol. The molecule has 0 aliphatic carbocycles. The molecule has 0 radical (unpaired) electrons. The zero-order valence-corrected chi connectivity index (χ0v) is 15.5. The number of hydrogen-bond acceptors (Lipinski definition) is 3. The molecule has 0 fully saturated rings. The summed E-state index contributed by atoms with van der Waals surface area (Å²) in [4.78, 5) is 12.9. The Morgan fingerprint density at radius 3 is 2.14 bits per heavy atom. The van der Waals surface area contributed by atoms with Gasteiger partial charge in [0, 0.05) is 19.3 Å². The fourth-order valence-electron chi connectivity index (χ4n) is 2.55. The quantitative estimate of drug-likeness (QED) is 0.610. The van der Waals surface area contributed by atoms with E-state index in [1.165, 1.54) is 37.1 Å². The highest BCUT2D eigenvalue weighted by molar-refractivity contribution is 5.86. The summed E-state index contributed by atoms with van der Waals surface area (Å²) in [5, 5.41) is 2.05. The van der Waals surface area contributed by atoms with Gasteiger partial charge in [0.2, 0.25) is 0 Å². The van der Waals surface area contributed by atoms with Gasteiger partial charge in [-0.25, -0.2) is 4.79 Å². The lowest BCUT2D eigenvalue weighted by Gasteiger charge is -2.22. The minimum atomic E-state index is -4.74. The Balaban J connectivity index is 2.24. The highest BCUT2D eigenvalue weighted by atomic mass is 19.4. The van der Waals surface area contributed by atoms with Crippen molar-refractivity contribution in [3.63, 3.8) is 0 Å². The lowest BCUT2D eigenvalue weighted by Crippen LogP contribution is -2.20. The Bertz CT molecular complexity index is 847. The number of carbonyl (C=O) groups excluding carboxylic acids is 1. The zero-order chi connectivity index (χ0) is 21.8. The third kappa shape index (κ3) is 6.03. The molecular formula is C19H18F6N2O2. The van der Waals surface area contributed by atoms with Gasteiger partial charge in [-0.3, -0.25) is 5.32 Å². The Hall–Kier alpha value is -2.91. The summed E-state index contributed by atoms with van der Waals surface area (Å²) >= 11 is 0. The number of nitrogens with one attached hydrogen (secondary N) is 1. The lowest BCUT2D eigenvalue weighted by atomic mass is 10.1. The van der Waals surface area contributed by atoms with Crippen LogP contribution in [0.15, 0.2) is 42.5 Å². The Kier molecular flexibility index (Phi) is 6.66. The predicted octanol–water partition coefficient (Wildman–Crippen LogP) is 5.93. The first kappa shape index (κ1) is 22.4. The summed E-state index contributed by atoms with van der Waals surface area (Å²) < 4.78 is 82.6. The summed E-state index contributed by atoms with van der Waals surface area (Å²) in [6, 6.07) is 7.67. The molecule has 29 heavy (non-hydrogen) atoms. The topological polar surface area (TPSA) is 41.6 Å². The number of ether oxygens (including phenoxy) is 1. The molecule has 4 nitrogen and oxygen atoms in total. The van der Waals surface area contributed by atoms with Crippen molar-refractivity contribution in [2.24, 2.45) is 0 Å². The molecule has 2 aromatic carbocycles. The second kappa shape index (κ2) is 8.62. The number of halogens is 6. The molecule has 0 saturated carbocycles. The van der Waals surface area contributed by atoms with Crippen molar-refractivity contribution in [2.75, 3.05) is 23.9 Å². The van der Waals surface area contributed by atoms with Gasteiger partial charge < -0.3 is 9.64 Å². The van der Waals surface area contributed by atoms with Gasteiger partial charge in [0.1, 0.15) is 0 Å². The summed E-state index contributed by atoms with van der Waals surface area (Å²) in [5.74, 6) is 0. The standard InChI is InChI=1S/C19H18F6N2O2/c1-3-29-17(28)26-16-9-8-14(10-15(16)19(23,24)25)27(2)11-12-4-6-13(7-5-12)18(20,21)22/h4-10H,3,11H2,1-2H3,(H,26,28). The van der Waals surface area contributed by atoms with Crippen molar-refractivity contribution in [3.8, 4) is 0 Å². The van der Waals surface area contributed by atoms with Crippen molar-refractivity contribution in [1.29, 1.82) is 0 Å². The monoisotopic (exact) mass is 420 g/mol. The van der Waals surface area contributed by atoms with E-state index in [-0.39, 0.29) is 18.8 Å². The summed E-state index contributed by atoms with van der Waals surface area (Å²) in [7, 11) is 1.51. The average molecular weight is 420 g/mol. The van der Waals surface area contributed by atoms with Crippen LogP contribution in [0, 0.1) is 0 Å². The molecule has 0 saturated heterocycles. The van der Waals surface area contributed by atoms with Crippen LogP contribution in [0.5, 0.6) is 0 Å². The summed E-state index contributed by atoms with van der Waals surface area (Å²) in [6.45, 7) is 1.60. The van der Waals surface area contributed by atoms with Crippen molar-refractivity contribution in [2.45, 2.75) is 25.8 Å². The van der Waals surface area contributed by atoms with E-state index < -0.39 is 35.3 Å². The third-order valence-corrected chi connectivity index (χ3v) is 3.96. The van der Waals surface area contributed by atoms with Crippen molar-refractivity contribution >= 4 is 17.5 Å². The molecule has 0 aromatic heterocycles. The summed E-state index contributed by atoms with van der Waals surface area (Å²) in [6.07, 6.45) is -10.2. The fraction of sp³-hybridized carbons (Fsp3) is 0.316. The van der Waals surface area contributed by atoms with Gasteiger partial charge in [0.05, 0.1) is 23.4 Å². The molecule has 0 heterocycles. The lowest BCUT2D eigenvalue weighted by molar-refractivity contribution is -0.138. The first-order chi connectivity index (χ1) is 13.4. The maximum atomic E-state index is 13.4. The number of nitrogens with zero attached hydrogens (tertiary/aromatic N) is 1. The highest BCUT2D eigenvalue weighted by Gasteiger charge is 2.35. The Morgan fingerprint density at radius 1 is 1.00 bits per heavy atom. The van der Waals surface area contributed by atoms with Crippen LogP contribution in [-0.4, -0.2) is 19.7 Å². The van der Waals surface area contributed by atoms with Crippen LogP contribution in [0.25, 0.3) is 0 Å². The number of carbonyl (C=O) groups is 1. The number of anilines is 2. The first-order valence-corrected chi connectivity index (χ1v) is 8.44. The van der Waals surface area contributed by atoms with Gasteiger partial charge in [-0.05, 0) is 42.8 Å². The zero-order valence-electron chi connectivity index (χ0n) is 15.5. The molecule has 0 unspecified atom stereocenters. The first-order valence-electron chi connectivity index (χ1n) is 8.44. The predicted molar refractivity (Wildman–Crippen MR) is 95.6 cm³/mol. The minimum Gasteiger partial charge on any atom is -0.450 e. The molecule has 1 amide bonds. The third-order valence-electron chi connectivity index (χ3n) is 3.96. The highest BCUT2D eigenvalue weighted by Crippen LogP contribution is 2.37. The number of amides is 1. The van der Waals surface area contributed by atoms with Gasteiger partial charge in [-0.15, -0.1) is 0 Å². The molecule has 1 N–H and O–H groups in total. The van der Waals surface area contributed by atoms with E-state index in [4.69, 9.17) is 0 Å². The molecule has 0 spiro atoms. The number of benzene rings is 2. The molecule has 2 rings (SSSR count). The van der Waals surface area contributed by atoms with Gasteiger partial charge in [0.15, 0.2) is 0 Å². The molecule has 2 aromatic rings. The molecule has 158 valence electrons. The number of rotatable bonds is 5. The molecule has 0 atom stereocenters. The SMILES string of the molecule is CCOC(=O)Nc1ccc(N(C)Cc2ccc(C(F)(F)F)cc2)cc1C(F)(F)F. The van der Waals surface area contributed by atoms with E-state index in [9.17, 15) is 31.1 Å². The Morgan fingerprint density at radius 2 is 1.62 bits per heavy atom. The normalized spacial score (nSPS) is 11.9. The van der Waals surface area contributed by atoms with Crippen LogP contribution in [0.2, 0.25) is 0 Å². The van der Waals surface area contributed by atoms with Crippen LogP contribution >= 0.6 is 0 Å². The minimum absolute atomic E-state index is 0.00113. The van der Waals surface area contributed by atoms with E-state index in [0.29, 0.717) is 5.56 Å².